The van der Waals surface area contributed by atoms with Crippen molar-refractivity contribution in [1.29, 1.82) is 0 Å². The number of benzene rings is 4. The Hall–Kier alpha value is -5.67. The molecule has 0 saturated heterocycles. The summed E-state index contributed by atoms with van der Waals surface area (Å²) in [7, 11) is 0. The molecule has 3 nitrogen and oxygen atoms in total. The summed E-state index contributed by atoms with van der Waals surface area (Å²) < 4.78 is 0. The van der Waals surface area contributed by atoms with Crippen molar-refractivity contribution >= 4 is 0 Å². The molecule has 0 N–H and O–H groups in total. The largest absolute Gasteiger partial charge is 0.256 e. The fourth-order valence-electron chi connectivity index (χ4n) is 5.58. The van der Waals surface area contributed by atoms with Gasteiger partial charge in [0.1, 0.15) is 0 Å². The van der Waals surface area contributed by atoms with Crippen LogP contribution in [0.15, 0.2) is 158 Å². The van der Waals surface area contributed by atoms with E-state index in [0.717, 1.165) is 67.2 Å². The molecule has 0 aliphatic rings. The van der Waals surface area contributed by atoms with Gasteiger partial charge in [0.15, 0.2) is 0 Å². The molecule has 43 heavy (non-hydrogen) atoms. The average molecular weight is 552 g/mol. The van der Waals surface area contributed by atoms with Gasteiger partial charge in [0, 0.05) is 40.8 Å². The van der Waals surface area contributed by atoms with E-state index in [9.17, 15) is 0 Å². The van der Waals surface area contributed by atoms with Crippen LogP contribution in [0.1, 0.15) is 5.56 Å². The third-order valence-corrected chi connectivity index (χ3v) is 7.79. The van der Waals surface area contributed by atoms with E-state index in [-0.39, 0.29) is 0 Å². The molecule has 0 fully saturated rings. The van der Waals surface area contributed by atoms with Crippen LogP contribution in [-0.4, -0.2) is 15.0 Å². The van der Waals surface area contributed by atoms with Gasteiger partial charge in [0.2, 0.25) is 0 Å². The highest BCUT2D eigenvalue weighted by atomic mass is 14.7. The van der Waals surface area contributed by atoms with Crippen LogP contribution in [-0.2, 0) is 0 Å². The summed E-state index contributed by atoms with van der Waals surface area (Å²) in [6.45, 7) is 2.15. The lowest BCUT2D eigenvalue weighted by Crippen LogP contribution is -1.93. The zero-order valence-corrected chi connectivity index (χ0v) is 23.9. The molecule has 0 aliphatic carbocycles. The molecule has 0 saturated carbocycles. The van der Waals surface area contributed by atoms with E-state index in [1.54, 1.807) is 0 Å². The summed E-state index contributed by atoms with van der Waals surface area (Å²) in [5.41, 5.74) is 14.1. The molecule has 3 heteroatoms. The number of hydrogen-bond donors (Lipinski definition) is 0. The lowest BCUT2D eigenvalue weighted by Gasteiger charge is -2.15. The van der Waals surface area contributed by atoms with E-state index >= 15 is 0 Å². The predicted octanol–water partition coefficient (Wildman–Crippen LogP) is 10.2. The Bertz CT molecular complexity index is 2010. The van der Waals surface area contributed by atoms with Crippen LogP contribution in [0.5, 0.6) is 0 Å². The van der Waals surface area contributed by atoms with E-state index in [4.69, 9.17) is 9.97 Å². The fraction of sp³-hybridized carbons (Fsp3) is 0.0250. The van der Waals surface area contributed by atoms with Crippen LogP contribution in [0, 0.1) is 6.92 Å². The zero-order chi connectivity index (χ0) is 29.0. The van der Waals surface area contributed by atoms with Crippen LogP contribution < -0.4 is 0 Å². The smallest absolute Gasteiger partial charge is 0.0717 e. The fourth-order valence-corrected chi connectivity index (χ4v) is 5.58. The standard InChI is InChI=1S/C40H29N3/c1-28-10-8-17-36(34-21-23-41-38(26-34)30-13-6-3-7-14-30)40(28)39-25-33(20-22-42-39)31-15-9-16-32(24-31)35-18-19-37(43-27-35)29-11-4-2-5-12-29/h2-27H,1H3. The molecule has 0 spiro atoms. The Morgan fingerprint density at radius 1 is 0.372 bits per heavy atom. The topological polar surface area (TPSA) is 38.7 Å². The van der Waals surface area contributed by atoms with Crippen molar-refractivity contribution in [3.05, 3.63) is 164 Å². The summed E-state index contributed by atoms with van der Waals surface area (Å²) in [5.74, 6) is 0. The first-order valence-corrected chi connectivity index (χ1v) is 14.4. The number of aromatic nitrogens is 3. The lowest BCUT2D eigenvalue weighted by molar-refractivity contribution is 1.30. The molecule has 7 rings (SSSR count). The summed E-state index contributed by atoms with van der Waals surface area (Å²) in [4.78, 5) is 14.2. The van der Waals surface area contributed by atoms with Crippen molar-refractivity contribution in [3.8, 4) is 67.2 Å². The molecule has 0 unspecified atom stereocenters. The van der Waals surface area contributed by atoms with Crippen LogP contribution in [0.4, 0.5) is 0 Å². The minimum Gasteiger partial charge on any atom is -0.256 e. The van der Waals surface area contributed by atoms with Crippen molar-refractivity contribution < 1.29 is 0 Å². The number of hydrogen-bond acceptors (Lipinski definition) is 3. The van der Waals surface area contributed by atoms with Gasteiger partial charge in [0.05, 0.1) is 17.1 Å². The van der Waals surface area contributed by atoms with Crippen molar-refractivity contribution in [3.63, 3.8) is 0 Å². The van der Waals surface area contributed by atoms with Gasteiger partial charge in [-0.3, -0.25) is 15.0 Å². The summed E-state index contributed by atoms with van der Waals surface area (Å²) in [5, 5.41) is 0. The predicted molar refractivity (Wildman–Crippen MR) is 177 cm³/mol. The van der Waals surface area contributed by atoms with E-state index in [1.807, 2.05) is 55.0 Å². The second kappa shape index (κ2) is 11.7. The molecular weight excluding hydrogens is 522 g/mol. The van der Waals surface area contributed by atoms with Crippen LogP contribution >= 0.6 is 0 Å². The van der Waals surface area contributed by atoms with Crippen LogP contribution in [0.3, 0.4) is 0 Å². The maximum Gasteiger partial charge on any atom is 0.0717 e. The third-order valence-electron chi connectivity index (χ3n) is 7.79. The average Bonchev–Trinajstić information content (AvgIpc) is 3.09. The van der Waals surface area contributed by atoms with E-state index < -0.39 is 0 Å². The first-order chi connectivity index (χ1) is 21.2. The van der Waals surface area contributed by atoms with Crippen LogP contribution in [0.2, 0.25) is 0 Å². The quantitative estimate of drug-likeness (QED) is 0.206. The van der Waals surface area contributed by atoms with Crippen molar-refractivity contribution in [2.45, 2.75) is 6.92 Å². The Kier molecular flexibility index (Phi) is 7.12. The highest BCUT2D eigenvalue weighted by Gasteiger charge is 2.14. The highest BCUT2D eigenvalue weighted by Crippen LogP contribution is 2.37. The van der Waals surface area contributed by atoms with Gasteiger partial charge in [-0.2, -0.15) is 0 Å². The van der Waals surface area contributed by atoms with Crippen LogP contribution in [0.25, 0.3) is 67.2 Å². The molecule has 0 amide bonds. The van der Waals surface area contributed by atoms with Gasteiger partial charge in [-0.15, -0.1) is 0 Å². The third kappa shape index (κ3) is 5.49. The number of pyridine rings is 3. The van der Waals surface area contributed by atoms with E-state index in [2.05, 4.69) is 115 Å². The monoisotopic (exact) mass is 551 g/mol. The first-order valence-electron chi connectivity index (χ1n) is 14.4. The maximum atomic E-state index is 4.86. The molecule has 0 radical (unpaired) electrons. The van der Waals surface area contributed by atoms with Gasteiger partial charge in [-0.1, -0.05) is 103 Å². The second-order valence-electron chi connectivity index (χ2n) is 10.6. The number of rotatable bonds is 6. The van der Waals surface area contributed by atoms with Crippen molar-refractivity contribution in [1.82, 2.24) is 15.0 Å². The van der Waals surface area contributed by atoms with Crippen molar-refractivity contribution in [2.24, 2.45) is 0 Å². The molecule has 3 aromatic heterocycles. The van der Waals surface area contributed by atoms with E-state index in [1.165, 1.54) is 5.56 Å². The highest BCUT2D eigenvalue weighted by molar-refractivity contribution is 5.87. The minimum absolute atomic E-state index is 0.947. The van der Waals surface area contributed by atoms with E-state index in [0.29, 0.717) is 0 Å². The molecule has 3 heterocycles. The minimum atomic E-state index is 0.947. The Morgan fingerprint density at radius 2 is 0.953 bits per heavy atom. The Labute approximate surface area is 252 Å². The molecule has 4 aromatic carbocycles. The van der Waals surface area contributed by atoms with Gasteiger partial charge in [-0.25, -0.2) is 0 Å². The molecule has 204 valence electrons. The molecule has 0 atom stereocenters. The first kappa shape index (κ1) is 26.2. The molecule has 0 aliphatic heterocycles. The summed E-state index contributed by atoms with van der Waals surface area (Å²) in [6.07, 6.45) is 5.75. The van der Waals surface area contributed by atoms with Crippen molar-refractivity contribution in [2.75, 3.05) is 0 Å². The number of nitrogens with zero attached hydrogens (tertiary/aromatic N) is 3. The summed E-state index contributed by atoms with van der Waals surface area (Å²) >= 11 is 0. The summed E-state index contributed by atoms with van der Waals surface area (Å²) in [6, 6.07) is 48.4. The molecule has 7 aromatic rings. The second-order valence-corrected chi connectivity index (χ2v) is 10.6. The Morgan fingerprint density at radius 3 is 1.67 bits per heavy atom. The molecule has 0 bridgehead atoms. The normalized spacial score (nSPS) is 10.9. The van der Waals surface area contributed by atoms with Gasteiger partial charge < -0.3 is 0 Å². The molecular formula is C40H29N3. The van der Waals surface area contributed by atoms with Gasteiger partial charge >= 0.3 is 0 Å². The zero-order valence-electron chi connectivity index (χ0n) is 23.9. The lowest BCUT2D eigenvalue weighted by atomic mass is 9.92. The Balaban J connectivity index is 1.24. The number of aryl methyl sites for hydroxylation is 1. The SMILES string of the molecule is Cc1cccc(-c2ccnc(-c3ccccc3)c2)c1-c1cc(-c2cccc(-c3ccc(-c4ccccc4)nc3)c2)ccn1. The van der Waals surface area contributed by atoms with Gasteiger partial charge in [-0.05, 0) is 76.7 Å². The van der Waals surface area contributed by atoms with Gasteiger partial charge in [0.25, 0.3) is 0 Å². The maximum absolute atomic E-state index is 4.86.